The van der Waals surface area contributed by atoms with Crippen molar-refractivity contribution < 1.29 is 9.59 Å². The van der Waals surface area contributed by atoms with Crippen molar-refractivity contribution in [1.82, 2.24) is 20.1 Å². The maximum absolute atomic E-state index is 11.8. The highest BCUT2D eigenvalue weighted by Gasteiger charge is 2.08. The molecule has 0 saturated carbocycles. The molecule has 0 aliphatic carbocycles. The maximum Gasteiger partial charge on any atom is 0.248 e. The number of anilines is 1. The average Bonchev–Trinajstić information content (AvgIpc) is 2.93. The van der Waals surface area contributed by atoms with Gasteiger partial charge in [-0.15, -0.1) is 5.10 Å². The molecule has 2 amide bonds. The lowest BCUT2D eigenvalue weighted by atomic mass is 10.2. The van der Waals surface area contributed by atoms with Crippen LogP contribution in [0, 0.1) is 0 Å². The number of carbonyl (C=O) groups excluding carboxylic acids is 2. The van der Waals surface area contributed by atoms with Crippen LogP contribution in [0.5, 0.6) is 0 Å². The second-order valence-electron chi connectivity index (χ2n) is 4.61. The molecule has 2 aromatic rings. The normalized spacial score (nSPS) is 10.2. The molecule has 0 atom stereocenters. The summed E-state index contributed by atoms with van der Waals surface area (Å²) in [6.45, 7) is 0.746. The van der Waals surface area contributed by atoms with Crippen molar-refractivity contribution in [2.45, 2.75) is 19.5 Å². The molecule has 1 aromatic heterocycles. The lowest BCUT2D eigenvalue weighted by Gasteiger charge is -2.05. The Morgan fingerprint density at radius 1 is 1.18 bits per heavy atom. The number of amides is 2. The molecular weight excluding hydrogens is 284 g/mol. The summed E-state index contributed by atoms with van der Waals surface area (Å²) in [5.74, 6) is -0.281. The van der Waals surface area contributed by atoms with Gasteiger partial charge in [-0.1, -0.05) is 30.3 Å². The molecule has 0 saturated heterocycles. The van der Waals surface area contributed by atoms with Crippen LogP contribution in [-0.2, 0) is 22.7 Å². The van der Waals surface area contributed by atoms with Crippen molar-refractivity contribution in [2.24, 2.45) is 5.73 Å². The number of benzene rings is 1. The molecule has 0 unspecified atom stereocenters. The van der Waals surface area contributed by atoms with Crippen LogP contribution in [-0.4, -0.2) is 33.1 Å². The van der Waals surface area contributed by atoms with Gasteiger partial charge in [0.2, 0.25) is 17.8 Å². The van der Waals surface area contributed by atoms with E-state index in [1.165, 1.54) is 11.0 Å². The van der Waals surface area contributed by atoms with Gasteiger partial charge in [0.1, 0.15) is 12.9 Å². The Balaban J connectivity index is 1.79. The van der Waals surface area contributed by atoms with Gasteiger partial charge < -0.3 is 11.1 Å². The molecule has 1 heterocycles. The van der Waals surface area contributed by atoms with Crippen LogP contribution in [0.15, 0.2) is 36.7 Å². The summed E-state index contributed by atoms with van der Waals surface area (Å²) in [6.07, 6.45) is 1.59. The van der Waals surface area contributed by atoms with Gasteiger partial charge in [-0.2, -0.15) is 0 Å². The van der Waals surface area contributed by atoms with Crippen molar-refractivity contribution >= 4 is 17.8 Å². The molecule has 0 aliphatic rings. The summed E-state index contributed by atoms with van der Waals surface area (Å²) in [6, 6.07) is 9.60. The molecular formula is C14H18N6O2. The van der Waals surface area contributed by atoms with Crippen LogP contribution in [0.3, 0.4) is 0 Å². The first-order valence-electron chi connectivity index (χ1n) is 6.87. The summed E-state index contributed by atoms with van der Waals surface area (Å²) in [7, 11) is 0. The molecule has 0 aliphatic heterocycles. The predicted octanol–water partition coefficient (Wildman–Crippen LogP) is -0.118. The van der Waals surface area contributed by atoms with E-state index in [-0.39, 0.29) is 37.3 Å². The molecule has 8 nitrogen and oxygen atoms in total. The number of hydrogen-bond donors (Lipinski definition) is 3. The molecule has 0 bridgehead atoms. The van der Waals surface area contributed by atoms with Gasteiger partial charge in [0.15, 0.2) is 0 Å². The number of aromatic nitrogens is 3. The van der Waals surface area contributed by atoms with Crippen molar-refractivity contribution in [3.05, 3.63) is 42.2 Å². The van der Waals surface area contributed by atoms with Gasteiger partial charge >= 0.3 is 0 Å². The molecule has 22 heavy (non-hydrogen) atoms. The minimum absolute atomic E-state index is 0.0343. The SMILES string of the molecule is NCCC(=O)Nc1ncn(CC(=O)NCc2ccccc2)n1. The smallest absolute Gasteiger partial charge is 0.248 e. The summed E-state index contributed by atoms with van der Waals surface area (Å²) < 4.78 is 1.36. The maximum atomic E-state index is 11.8. The van der Waals surface area contributed by atoms with Gasteiger partial charge in [0.05, 0.1) is 0 Å². The Hall–Kier alpha value is -2.74. The van der Waals surface area contributed by atoms with Crippen LogP contribution in [0.1, 0.15) is 12.0 Å². The van der Waals surface area contributed by atoms with Gasteiger partial charge in [0, 0.05) is 19.5 Å². The van der Waals surface area contributed by atoms with Gasteiger partial charge in [-0.05, 0) is 5.56 Å². The van der Waals surface area contributed by atoms with E-state index in [9.17, 15) is 9.59 Å². The Morgan fingerprint density at radius 3 is 2.68 bits per heavy atom. The third-order valence-corrected chi connectivity index (χ3v) is 2.80. The fraction of sp³-hybridized carbons (Fsp3) is 0.286. The van der Waals surface area contributed by atoms with Crippen molar-refractivity contribution in [1.29, 1.82) is 0 Å². The molecule has 4 N–H and O–H groups in total. The first kappa shape index (κ1) is 15.6. The molecule has 8 heteroatoms. The number of rotatable bonds is 7. The summed E-state index contributed by atoms with van der Waals surface area (Å²) in [4.78, 5) is 27.1. The number of nitrogens with two attached hydrogens (primary N) is 1. The van der Waals surface area contributed by atoms with Gasteiger partial charge in [0.25, 0.3) is 0 Å². The van der Waals surface area contributed by atoms with E-state index in [0.717, 1.165) is 5.56 Å². The summed E-state index contributed by atoms with van der Waals surface area (Å²) >= 11 is 0. The highest BCUT2D eigenvalue weighted by Crippen LogP contribution is 1.99. The monoisotopic (exact) mass is 302 g/mol. The number of nitrogens with one attached hydrogen (secondary N) is 2. The van der Waals surface area contributed by atoms with Gasteiger partial charge in [-0.3, -0.25) is 14.9 Å². The van der Waals surface area contributed by atoms with Gasteiger partial charge in [-0.25, -0.2) is 9.67 Å². The third-order valence-electron chi connectivity index (χ3n) is 2.80. The minimum atomic E-state index is -0.256. The standard InChI is InChI=1S/C14H18N6O2/c15-7-6-12(21)18-14-17-10-20(19-14)9-13(22)16-8-11-4-2-1-3-5-11/h1-5,10H,6-9,15H2,(H,16,22)(H,18,19,21). The summed E-state index contributed by atoms with van der Waals surface area (Å²) in [5.41, 5.74) is 6.29. The van der Waals surface area contributed by atoms with Crippen molar-refractivity contribution in [3.63, 3.8) is 0 Å². The number of carbonyl (C=O) groups is 2. The lowest BCUT2D eigenvalue weighted by Crippen LogP contribution is -2.27. The molecule has 116 valence electrons. The Labute approximate surface area is 127 Å². The zero-order valence-corrected chi connectivity index (χ0v) is 12.0. The van der Waals surface area contributed by atoms with Crippen molar-refractivity contribution in [3.8, 4) is 0 Å². The van der Waals surface area contributed by atoms with Crippen LogP contribution in [0.2, 0.25) is 0 Å². The van der Waals surface area contributed by atoms with E-state index in [4.69, 9.17) is 5.73 Å². The molecule has 2 rings (SSSR count). The van der Waals surface area contributed by atoms with Crippen LogP contribution in [0.25, 0.3) is 0 Å². The zero-order chi connectivity index (χ0) is 15.8. The van der Waals surface area contributed by atoms with E-state index in [1.807, 2.05) is 30.3 Å². The van der Waals surface area contributed by atoms with Crippen LogP contribution < -0.4 is 16.4 Å². The Kier molecular flexibility index (Phi) is 5.61. The van der Waals surface area contributed by atoms with E-state index >= 15 is 0 Å². The molecule has 0 fully saturated rings. The highest BCUT2D eigenvalue weighted by molar-refractivity contribution is 5.88. The highest BCUT2D eigenvalue weighted by atomic mass is 16.2. The number of hydrogen-bond acceptors (Lipinski definition) is 5. The second kappa shape index (κ2) is 7.89. The van der Waals surface area contributed by atoms with E-state index in [0.29, 0.717) is 6.54 Å². The first-order chi connectivity index (χ1) is 10.7. The molecule has 0 spiro atoms. The Bertz CT molecular complexity index is 625. The van der Waals surface area contributed by atoms with E-state index in [1.54, 1.807) is 0 Å². The average molecular weight is 302 g/mol. The van der Waals surface area contributed by atoms with Crippen molar-refractivity contribution in [2.75, 3.05) is 11.9 Å². The first-order valence-corrected chi connectivity index (χ1v) is 6.87. The molecule has 1 aromatic carbocycles. The minimum Gasteiger partial charge on any atom is -0.350 e. The third kappa shape index (κ3) is 4.98. The largest absolute Gasteiger partial charge is 0.350 e. The second-order valence-corrected chi connectivity index (χ2v) is 4.61. The molecule has 0 radical (unpaired) electrons. The number of nitrogens with zero attached hydrogens (tertiary/aromatic N) is 3. The zero-order valence-electron chi connectivity index (χ0n) is 12.0. The fourth-order valence-electron chi connectivity index (χ4n) is 1.75. The summed E-state index contributed by atoms with van der Waals surface area (Å²) in [5, 5.41) is 9.29. The predicted molar refractivity (Wildman–Crippen MR) is 80.6 cm³/mol. The van der Waals surface area contributed by atoms with E-state index in [2.05, 4.69) is 20.7 Å². The van der Waals surface area contributed by atoms with Crippen LogP contribution >= 0.6 is 0 Å². The van der Waals surface area contributed by atoms with E-state index < -0.39 is 0 Å². The Morgan fingerprint density at radius 2 is 1.95 bits per heavy atom. The topological polar surface area (TPSA) is 115 Å². The van der Waals surface area contributed by atoms with Crippen LogP contribution in [0.4, 0.5) is 5.95 Å². The lowest BCUT2D eigenvalue weighted by molar-refractivity contribution is -0.122. The quantitative estimate of drug-likeness (QED) is 0.659. The fourth-order valence-corrected chi connectivity index (χ4v) is 1.75.